The number of nitrogens with zero attached hydrogens (tertiary/aromatic N) is 2. The fraction of sp³-hybridized carbons (Fsp3) is 0.561. The van der Waals surface area contributed by atoms with E-state index in [1.54, 1.807) is 13.8 Å². The lowest BCUT2D eigenvalue weighted by Crippen LogP contribution is -2.42. The number of carbonyl (C=O) groups excluding carboxylic acids is 6. The van der Waals surface area contributed by atoms with E-state index in [0.29, 0.717) is 12.8 Å². The zero-order chi connectivity index (χ0) is 47.0. The summed E-state index contributed by atoms with van der Waals surface area (Å²) in [6, 6.07) is 0. The van der Waals surface area contributed by atoms with Gasteiger partial charge in [-0.2, -0.15) is 0 Å². The van der Waals surface area contributed by atoms with Gasteiger partial charge < -0.3 is 77.0 Å². The number of aliphatic hydroxyl groups is 9. The molecule has 0 bridgehead atoms. The molecule has 0 aliphatic rings. The lowest BCUT2D eigenvalue weighted by atomic mass is 9.87. The van der Waals surface area contributed by atoms with Crippen LogP contribution in [0.3, 0.4) is 0 Å². The van der Waals surface area contributed by atoms with Gasteiger partial charge in [-0.1, -0.05) is 13.8 Å². The second-order valence-corrected chi connectivity index (χ2v) is 14.7. The smallest absolute Gasteiger partial charge is 0.252 e. The second-order valence-electron chi connectivity index (χ2n) is 14.7. The van der Waals surface area contributed by atoms with Crippen LogP contribution < -0.4 is 31.1 Å². The van der Waals surface area contributed by atoms with Gasteiger partial charge in [0, 0.05) is 48.4 Å². The largest absolute Gasteiger partial charge is 0.394 e. The summed E-state index contributed by atoms with van der Waals surface area (Å²) < 4.78 is 0. The van der Waals surface area contributed by atoms with Gasteiger partial charge in [0.1, 0.15) is 0 Å². The highest BCUT2D eigenvalue weighted by Gasteiger charge is 2.32. The Bertz CT molecular complexity index is 1780. The van der Waals surface area contributed by atoms with Crippen LogP contribution in [-0.2, 0) is 22.4 Å². The van der Waals surface area contributed by atoms with Gasteiger partial charge in [0.05, 0.1) is 81.4 Å². The quantitative estimate of drug-likeness (QED) is 0.0406. The number of aliphatic hydroxyl groups excluding tert-OH is 9. The van der Waals surface area contributed by atoms with E-state index in [2.05, 4.69) is 21.3 Å². The molecule has 4 atom stereocenters. The molecular formula is C41H62N6O15. The minimum Gasteiger partial charge on any atom is -0.394 e. The Morgan fingerprint density at radius 1 is 0.468 bits per heavy atom. The maximum absolute atomic E-state index is 13.7. The van der Waals surface area contributed by atoms with Crippen LogP contribution in [0.5, 0.6) is 0 Å². The van der Waals surface area contributed by atoms with Crippen molar-refractivity contribution in [2.24, 2.45) is 0 Å². The van der Waals surface area contributed by atoms with Crippen molar-refractivity contribution in [3.63, 3.8) is 0 Å². The molecule has 0 radical (unpaired) electrons. The van der Waals surface area contributed by atoms with Crippen molar-refractivity contribution >= 4 is 47.8 Å². The summed E-state index contributed by atoms with van der Waals surface area (Å²) in [5.41, 5.74) is 0.992. The second kappa shape index (κ2) is 25.1. The van der Waals surface area contributed by atoms with Crippen LogP contribution in [-0.4, -0.2) is 179 Å². The SMILES string of the molecule is CCc1c(C(=O)NCC(O)CO)c(C)c(C(=O)NCC(O)CO)c(C)c1N(C=O)CC(O)CN(C=O)c1c(C)c(C(=O)NCC(O)CO)c(C)c(C(=O)NCC(O)CO)c1CC. The summed E-state index contributed by atoms with van der Waals surface area (Å²) in [5.74, 6) is -3.10. The molecule has 0 heterocycles. The number of hydrogen-bond donors (Lipinski definition) is 13. The molecule has 4 unspecified atom stereocenters. The first-order chi connectivity index (χ1) is 29.3. The zero-order valence-electron chi connectivity index (χ0n) is 35.9. The number of amides is 6. The summed E-state index contributed by atoms with van der Waals surface area (Å²) >= 11 is 0. The molecule has 21 nitrogen and oxygen atoms in total. The molecule has 2 aromatic rings. The number of hydrogen-bond acceptors (Lipinski definition) is 15. The summed E-state index contributed by atoms with van der Waals surface area (Å²) in [6.45, 7) is 4.05. The highest BCUT2D eigenvalue weighted by Crippen LogP contribution is 2.37. The standard InChI is InChI=1S/C41H62N6O15/c1-7-30-34(40(61)44-11-27(56)17-50)21(3)32(38(59)42-9-25(54)15-48)23(5)36(30)46(19-52)13-29(58)14-47(20-53)37-24(6)33(39(60)43-10-26(55)16-49)22(4)35(31(37)8-2)41(62)45-12-28(57)18-51/h19-20,25-29,48-51,54-58H,7-18H2,1-6H3,(H,42,59)(H,43,60)(H,44,61)(H,45,62). The molecule has 0 saturated heterocycles. The molecule has 0 aromatic heterocycles. The average molecular weight is 879 g/mol. The van der Waals surface area contributed by atoms with Gasteiger partial charge in [-0.05, 0) is 73.9 Å². The van der Waals surface area contributed by atoms with Crippen LogP contribution in [0.15, 0.2) is 0 Å². The van der Waals surface area contributed by atoms with Crippen LogP contribution in [0, 0.1) is 27.7 Å². The van der Waals surface area contributed by atoms with Crippen molar-refractivity contribution in [1.82, 2.24) is 21.3 Å². The minimum absolute atomic E-state index is 0.0410. The highest BCUT2D eigenvalue weighted by molar-refractivity contribution is 6.08. The summed E-state index contributed by atoms with van der Waals surface area (Å²) in [7, 11) is 0. The molecule has 346 valence electrons. The van der Waals surface area contributed by atoms with Gasteiger partial charge in [-0.25, -0.2) is 0 Å². The molecular weight excluding hydrogens is 816 g/mol. The molecule has 2 rings (SSSR count). The van der Waals surface area contributed by atoms with Crippen LogP contribution in [0.25, 0.3) is 0 Å². The topological polar surface area (TPSA) is 339 Å². The Morgan fingerprint density at radius 2 is 0.726 bits per heavy atom. The molecule has 62 heavy (non-hydrogen) atoms. The molecule has 21 heteroatoms. The molecule has 0 aliphatic carbocycles. The van der Waals surface area contributed by atoms with Gasteiger partial charge in [0.2, 0.25) is 12.8 Å². The van der Waals surface area contributed by atoms with Gasteiger partial charge in [-0.3, -0.25) is 28.8 Å². The average Bonchev–Trinajstić information content (AvgIpc) is 3.25. The Morgan fingerprint density at radius 3 is 0.952 bits per heavy atom. The Balaban J connectivity index is 2.83. The summed E-state index contributed by atoms with van der Waals surface area (Å²) in [5, 5.41) is 98.6. The van der Waals surface area contributed by atoms with Crippen molar-refractivity contribution in [3.8, 4) is 0 Å². The third-order valence-corrected chi connectivity index (χ3v) is 10.2. The lowest BCUT2D eigenvalue weighted by molar-refractivity contribution is -0.108. The maximum atomic E-state index is 13.7. The Labute approximate surface area is 359 Å². The predicted octanol–water partition coefficient (Wildman–Crippen LogP) is -3.64. The van der Waals surface area contributed by atoms with E-state index >= 15 is 0 Å². The number of carbonyl (C=O) groups is 6. The van der Waals surface area contributed by atoms with Gasteiger partial charge in [0.25, 0.3) is 23.6 Å². The summed E-state index contributed by atoms with van der Waals surface area (Å²) in [4.78, 5) is 82.8. The molecule has 0 fully saturated rings. The van der Waals surface area contributed by atoms with Crippen molar-refractivity contribution < 1.29 is 74.7 Å². The monoisotopic (exact) mass is 878 g/mol. The van der Waals surface area contributed by atoms with Crippen molar-refractivity contribution in [3.05, 3.63) is 55.6 Å². The normalized spacial score (nSPS) is 13.6. The zero-order valence-corrected chi connectivity index (χ0v) is 35.9. The number of nitrogens with one attached hydrogen (secondary N) is 4. The molecule has 13 N–H and O–H groups in total. The van der Waals surface area contributed by atoms with E-state index in [9.17, 15) is 74.7 Å². The molecule has 2 aromatic carbocycles. The molecule has 0 aliphatic heterocycles. The Hall–Kier alpha value is -5.10. The fourth-order valence-corrected chi connectivity index (χ4v) is 7.29. The summed E-state index contributed by atoms with van der Waals surface area (Å²) in [6.07, 6.45) is -5.99. The molecule has 6 amide bonds. The lowest BCUT2D eigenvalue weighted by Gasteiger charge is -2.32. The molecule has 0 spiro atoms. The number of benzene rings is 2. The maximum Gasteiger partial charge on any atom is 0.252 e. The van der Waals surface area contributed by atoms with Crippen molar-refractivity contribution in [1.29, 1.82) is 0 Å². The van der Waals surface area contributed by atoms with Gasteiger partial charge >= 0.3 is 0 Å². The first kappa shape index (κ1) is 53.0. The number of anilines is 2. The van der Waals surface area contributed by atoms with E-state index in [1.807, 2.05) is 0 Å². The first-order valence-electron chi connectivity index (χ1n) is 20.1. The predicted molar refractivity (Wildman–Crippen MR) is 225 cm³/mol. The first-order valence-corrected chi connectivity index (χ1v) is 20.1. The van der Waals surface area contributed by atoms with Crippen molar-refractivity contribution in [2.45, 2.75) is 84.9 Å². The van der Waals surface area contributed by atoms with Crippen LogP contribution in [0.1, 0.15) is 88.7 Å². The van der Waals surface area contributed by atoms with E-state index in [0.717, 1.165) is 9.80 Å². The Kier molecular flexibility index (Phi) is 21.5. The number of rotatable bonds is 26. The van der Waals surface area contributed by atoms with Crippen LogP contribution >= 0.6 is 0 Å². The fourth-order valence-electron chi connectivity index (χ4n) is 7.29. The van der Waals surface area contributed by atoms with Crippen molar-refractivity contribution in [2.75, 3.05) is 75.5 Å². The van der Waals surface area contributed by atoms with E-state index in [1.165, 1.54) is 27.7 Å². The minimum atomic E-state index is -1.59. The van der Waals surface area contributed by atoms with Gasteiger partial charge in [-0.15, -0.1) is 0 Å². The van der Waals surface area contributed by atoms with Crippen LogP contribution in [0.2, 0.25) is 0 Å². The van der Waals surface area contributed by atoms with E-state index in [4.69, 9.17) is 0 Å². The van der Waals surface area contributed by atoms with E-state index in [-0.39, 0.29) is 106 Å². The third kappa shape index (κ3) is 13.0. The van der Waals surface area contributed by atoms with E-state index < -0.39 is 93.7 Å². The third-order valence-electron chi connectivity index (χ3n) is 10.2. The molecule has 0 saturated carbocycles. The highest BCUT2D eigenvalue weighted by atomic mass is 16.3. The van der Waals surface area contributed by atoms with Gasteiger partial charge in [0.15, 0.2) is 0 Å². The van der Waals surface area contributed by atoms with Crippen LogP contribution in [0.4, 0.5) is 11.4 Å².